The van der Waals surface area contributed by atoms with Crippen molar-refractivity contribution in [1.29, 1.82) is 0 Å². The van der Waals surface area contributed by atoms with Crippen molar-refractivity contribution < 1.29 is 19.4 Å². The van der Waals surface area contributed by atoms with Crippen LogP contribution in [0.1, 0.15) is 19.4 Å². The van der Waals surface area contributed by atoms with Crippen molar-refractivity contribution in [2.24, 2.45) is 5.92 Å². The zero-order valence-electron chi connectivity index (χ0n) is 16.9. The number of β-amino-alcohol motifs (C(OH)–C–C–N with tert-alkyl or cyclic N) is 1. The van der Waals surface area contributed by atoms with Gasteiger partial charge in [0.05, 0.1) is 18.8 Å². The first kappa shape index (κ1) is 20.4. The van der Waals surface area contributed by atoms with E-state index < -0.39 is 0 Å². The predicted molar refractivity (Wildman–Crippen MR) is 107 cm³/mol. The minimum absolute atomic E-state index is 0.124. The van der Waals surface area contributed by atoms with Crippen molar-refractivity contribution in [3.63, 3.8) is 0 Å². The fraction of sp³-hybridized carbons (Fsp3) is 0.524. The Morgan fingerprint density at radius 1 is 1.04 bits per heavy atom. The Bertz CT molecular complexity index is 749. The quantitative estimate of drug-likeness (QED) is 0.705. The van der Waals surface area contributed by atoms with E-state index in [-0.39, 0.29) is 18.4 Å². The van der Waals surface area contributed by atoms with Gasteiger partial charge >= 0.3 is 0 Å². The molecule has 0 atom stereocenters. The summed E-state index contributed by atoms with van der Waals surface area (Å²) in [7, 11) is 1.53. The normalized spacial score (nSPS) is 18.6. The van der Waals surface area contributed by atoms with Crippen LogP contribution in [0, 0.1) is 5.92 Å². The van der Waals surface area contributed by atoms with Crippen LogP contribution in [0.3, 0.4) is 0 Å². The van der Waals surface area contributed by atoms with Gasteiger partial charge in [-0.15, -0.1) is 0 Å². The van der Waals surface area contributed by atoms with E-state index in [0.29, 0.717) is 43.4 Å². The number of carbonyl (C=O) groups excluding carboxylic acids is 2. The zero-order chi connectivity index (χ0) is 20.3. The monoisotopic (exact) mass is 387 g/mol. The zero-order valence-corrected chi connectivity index (χ0v) is 16.9. The molecule has 1 N–H and O–H groups in total. The van der Waals surface area contributed by atoms with Gasteiger partial charge in [0.25, 0.3) is 11.8 Å². The molecule has 0 saturated carbocycles. The Labute approximate surface area is 166 Å². The Balaban J connectivity index is 1.84. The van der Waals surface area contributed by atoms with Gasteiger partial charge in [0.15, 0.2) is 0 Å². The van der Waals surface area contributed by atoms with Crippen molar-refractivity contribution in [3.8, 4) is 5.75 Å². The van der Waals surface area contributed by atoms with Gasteiger partial charge in [-0.05, 0) is 23.6 Å². The van der Waals surface area contributed by atoms with Crippen LogP contribution in [0.25, 0.3) is 5.57 Å². The maximum atomic E-state index is 12.8. The molecule has 28 heavy (non-hydrogen) atoms. The highest BCUT2D eigenvalue weighted by Crippen LogP contribution is 2.32. The number of hydrogen-bond acceptors (Lipinski definition) is 6. The summed E-state index contributed by atoms with van der Waals surface area (Å²) in [5.41, 5.74) is 1.66. The van der Waals surface area contributed by atoms with Crippen LogP contribution in [0.5, 0.6) is 5.75 Å². The highest BCUT2D eigenvalue weighted by molar-refractivity contribution is 6.35. The van der Waals surface area contributed by atoms with Gasteiger partial charge in [0, 0.05) is 39.8 Å². The van der Waals surface area contributed by atoms with E-state index in [4.69, 9.17) is 9.84 Å². The molecule has 0 aliphatic carbocycles. The molecule has 2 aliphatic rings. The first-order valence-corrected chi connectivity index (χ1v) is 9.80. The summed E-state index contributed by atoms with van der Waals surface area (Å²) in [6, 6.07) is 7.38. The highest BCUT2D eigenvalue weighted by Gasteiger charge is 2.40. The molecule has 1 aromatic rings. The topological polar surface area (TPSA) is 73.3 Å². The van der Waals surface area contributed by atoms with Gasteiger partial charge in [0.1, 0.15) is 11.4 Å². The number of likely N-dealkylation sites (N-methyl/N-ethyl adjacent to an activating group) is 1. The molecule has 2 heterocycles. The summed E-state index contributed by atoms with van der Waals surface area (Å²) in [5, 5.41) is 9.11. The largest absolute Gasteiger partial charge is 0.493 e. The van der Waals surface area contributed by atoms with E-state index in [1.807, 2.05) is 29.2 Å². The van der Waals surface area contributed by atoms with Gasteiger partial charge in [-0.3, -0.25) is 19.4 Å². The third kappa shape index (κ3) is 4.20. The lowest BCUT2D eigenvalue weighted by Crippen LogP contribution is -2.48. The lowest BCUT2D eigenvalue weighted by Gasteiger charge is -2.36. The Morgan fingerprint density at radius 2 is 1.68 bits per heavy atom. The molecule has 7 heteroatoms. The molecule has 0 unspecified atom stereocenters. The van der Waals surface area contributed by atoms with Crippen molar-refractivity contribution in [2.75, 3.05) is 53.0 Å². The van der Waals surface area contributed by atoms with Crippen LogP contribution < -0.4 is 4.74 Å². The predicted octanol–water partition coefficient (Wildman–Crippen LogP) is 1.04. The van der Waals surface area contributed by atoms with E-state index >= 15 is 0 Å². The van der Waals surface area contributed by atoms with E-state index in [1.54, 1.807) is 0 Å². The average molecular weight is 387 g/mol. The number of rotatable bonds is 7. The maximum absolute atomic E-state index is 12.8. The second-order valence-electron chi connectivity index (χ2n) is 7.67. The van der Waals surface area contributed by atoms with Gasteiger partial charge < -0.3 is 14.7 Å². The van der Waals surface area contributed by atoms with Crippen molar-refractivity contribution in [3.05, 3.63) is 35.5 Å². The lowest BCUT2D eigenvalue weighted by atomic mass is 10.0. The summed E-state index contributed by atoms with van der Waals surface area (Å²) >= 11 is 0. The Morgan fingerprint density at radius 3 is 2.25 bits per heavy atom. The van der Waals surface area contributed by atoms with E-state index in [9.17, 15) is 9.59 Å². The van der Waals surface area contributed by atoms with Gasteiger partial charge in [0.2, 0.25) is 0 Å². The summed E-state index contributed by atoms with van der Waals surface area (Å²) in [6.07, 6.45) is 0. The average Bonchev–Trinajstić information content (AvgIpc) is 2.92. The first-order chi connectivity index (χ1) is 13.4. The first-order valence-electron chi connectivity index (χ1n) is 9.80. The molecule has 152 valence electrons. The molecule has 7 nitrogen and oxygen atoms in total. The van der Waals surface area contributed by atoms with Gasteiger partial charge in [-0.1, -0.05) is 26.0 Å². The molecule has 2 aliphatic heterocycles. The van der Waals surface area contributed by atoms with Gasteiger partial charge in [-0.2, -0.15) is 0 Å². The molecule has 3 rings (SSSR count). The van der Waals surface area contributed by atoms with Crippen LogP contribution in [-0.2, 0) is 9.59 Å². The standard InChI is InChI=1S/C21H29N3O4/c1-15(2)14-28-17-6-4-16(5-7-17)18-19(21(27)22(3)20(18)26)24-10-8-23(9-11-24)12-13-25/h4-7,15,25H,8-14H2,1-3H3. The number of piperazine rings is 1. The van der Waals surface area contributed by atoms with E-state index in [0.717, 1.165) is 24.4 Å². The Kier molecular flexibility index (Phi) is 6.36. The smallest absolute Gasteiger partial charge is 0.277 e. The van der Waals surface area contributed by atoms with Crippen molar-refractivity contribution in [2.45, 2.75) is 13.8 Å². The number of amides is 2. The third-order valence-corrected chi connectivity index (χ3v) is 5.09. The number of aliphatic hydroxyl groups excluding tert-OH is 1. The molecular weight excluding hydrogens is 358 g/mol. The van der Waals surface area contributed by atoms with Gasteiger partial charge in [-0.25, -0.2) is 0 Å². The van der Waals surface area contributed by atoms with E-state index in [1.165, 1.54) is 11.9 Å². The van der Waals surface area contributed by atoms with Crippen molar-refractivity contribution >= 4 is 17.4 Å². The molecule has 1 saturated heterocycles. The summed E-state index contributed by atoms with van der Waals surface area (Å²) in [6.45, 7) is 8.38. The van der Waals surface area contributed by atoms with Crippen LogP contribution in [0.2, 0.25) is 0 Å². The van der Waals surface area contributed by atoms with Crippen LogP contribution in [0.15, 0.2) is 30.0 Å². The number of carbonyl (C=O) groups is 2. The minimum atomic E-state index is -0.270. The van der Waals surface area contributed by atoms with Crippen LogP contribution in [0.4, 0.5) is 0 Å². The molecule has 0 spiro atoms. The fourth-order valence-electron chi connectivity index (χ4n) is 3.50. The second-order valence-corrected chi connectivity index (χ2v) is 7.67. The molecule has 0 radical (unpaired) electrons. The molecule has 1 aromatic carbocycles. The molecule has 0 bridgehead atoms. The second kappa shape index (κ2) is 8.75. The number of aliphatic hydroxyl groups is 1. The summed E-state index contributed by atoms with van der Waals surface area (Å²) < 4.78 is 5.72. The summed E-state index contributed by atoms with van der Waals surface area (Å²) in [5.74, 6) is 0.660. The van der Waals surface area contributed by atoms with E-state index in [2.05, 4.69) is 18.7 Å². The maximum Gasteiger partial charge on any atom is 0.277 e. The summed E-state index contributed by atoms with van der Waals surface area (Å²) in [4.78, 5) is 30.9. The number of imide groups is 1. The molecule has 1 fully saturated rings. The van der Waals surface area contributed by atoms with Crippen LogP contribution in [-0.4, -0.2) is 84.6 Å². The third-order valence-electron chi connectivity index (χ3n) is 5.09. The minimum Gasteiger partial charge on any atom is -0.493 e. The number of ether oxygens (including phenoxy) is 1. The Hall–Kier alpha value is -2.38. The number of hydrogen-bond donors (Lipinski definition) is 1. The van der Waals surface area contributed by atoms with Crippen molar-refractivity contribution in [1.82, 2.24) is 14.7 Å². The molecular formula is C21H29N3O4. The fourth-order valence-corrected chi connectivity index (χ4v) is 3.50. The number of nitrogens with zero attached hydrogens (tertiary/aromatic N) is 3. The number of benzene rings is 1. The highest BCUT2D eigenvalue weighted by atomic mass is 16.5. The molecule has 0 aromatic heterocycles. The lowest BCUT2D eigenvalue weighted by molar-refractivity contribution is -0.136. The van der Waals surface area contributed by atoms with Crippen LogP contribution >= 0.6 is 0 Å². The molecule has 2 amide bonds. The SMILES string of the molecule is CC(C)COc1ccc(C2=C(N3CCN(CCO)CC3)C(=O)N(C)C2=O)cc1.